The molecule has 0 radical (unpaired) electrons. The van der Waals surface area contributed by atoms with E-state index in [2.05, 4.69) is 53.3 Å². The number of nitrogens with zero attached hydrogens (tertiary/aromatic N) is 1. The molecule has 0 heterocycles. The van der Waals surface area contributed by atoms with Crippen molar-refractivity contribution in [3.05, 3.63) is 12.2 Å². The van der Waals surface area contributed by atoms with Gasteiger partial charge in [-0.2, -0.15) is 0 Å². The van der Waals surface area contributed by atoms with Crippen molar-refractivity contribution in [3.63, 3.8) is 0 Å². The first-order valence-corrected chi connectivity index (χ1v) is 6.25. The van der Waals surface area contributed by atoms with Crippen LogP contribution >= 0.6 is 0 Å². The van der Waals surface area contributed by atoms with Gasteiger partial charge in [-0.1, -0.05) is 53.2 Å². The first-order chi connectivity index (χ1) is 6.95. The SMILES string of the molecule is C=C(C)C(C)CCN(C)C.CC.CCC. The van der Waals surface area contributed by atoms with Gasteiger partial charge in [0.1, 0.15) is 0 Å². The summed E-state index contributed by atoms with van der Waals surface area (Å²) >= 11 is 0. The van der Waals surface area contributed by atoms with Crippen molar-refractivity contribution in [1.29, 1.82) is 0 Å². The molecule has 0 spiro atoms. The predicted molar refractivity (Wildman–Crippen MR) is 74.5 cm³/mol. The fourth-order valence-electron chi connectivity index (χ4n) is 0.698. The Morgan fingerprint density at radius 2 is 1.53 bits per heavy atom. The van der Waals surface area contributed by atoms with E-state index in [4.69, 9.17) is 0 Å². The minimum Gasteiger partial charge on any atom is -0.309 e. The Balaban J connectivity index is -0.000000245. The third-order valence-corrected chi connectivity index (χ3v) is 1.85. The molecule has 0 aromatic carbocycles. The molecule has 1 unspecified atom stereocenters. The molecule has 1 heteroatoms. The number of rotatable bonds is 4. The molecule has 0 aliphatic rings. The molecule has 0 fully saturated rings. The van der Waals surface area contributed by atoms with E-state index in [1.54, 1.807) is 0 Å². The molecule has 15 heavy (non-hydrogen) atoms. The average molecular weight is 215 g/mol. The molecule has 0 aliphatic carbocycles. The molecule has 0 aromatic rings. The monoisotopic (exact) mass is 215 g/mol. The van der Waals surface area contributed by atoms with Crippen LogP contribution in [0.15, 0.2) is 12.2 Å². The van der Waals surface area contributed by atoms with Crippen LogP contribution in [0.5, 0.6) is 0 Å². The normalized spacial score (nSPS) is 10.7. The average Bonchev–Trinajstić information content (AvgIpc) is 2.18. The van der Waals surface area contributed by atoms with Crippen LogP contribution in [0.4, 0.5) is 0 Å². The highest BCUT2D eigenvalue weighted by molar-refractivity contribution is 4.93. The third kappa shape index (κ3) is 24.8. The second-order valence-electron chi connectivity index (χ2n) is 4.05. The zero-order chi connectivity index (χ0) is 12.9. The fourth-order valence-corrected chi connectivity index (χ4v) is 0.698. The predicted octanol–water partition coefficient (Wildman–Crippen LogP) is 4.59. The van der Waals surface area contributed by atoms with Gasteiger partial charge in [-0.05, 0) is 39.9 Å². The lowest BCUT2D eigenvalue weighted by Gasteiger charge is -2.14. The maximum Gasteiger partial charge on any atom is -0.00192 e. The Morgan fingerprint density at radius 1 is 1.20 bits per heavy atom. The number of hydrogen-bond acceptors (Lipinski definition) is 1. The first-order valence-electron chi connectivity index (χ1n) is 6.25. The molecule has 0 rings (SSSR count). The molecule has 0 aliphatic heterocycles. The van der Waals surface area contributed by atoms with E-state index < -0.39 is 0 Å². The van der Waals surface area contributed by atoms with Crippen LogP contribution in [0.2, 0.25) is 0 Å². The van der Waals surface area contributed by atoms with E-state index in [1.165, 1.54) is 18.4 Å². The Hall–Kier alpha value is -0.300. The molecule has 0 amide bonds. The van der Waals surface area contributed by atoms with Gasteiger partial charge >= 0.3 is 0 Å². The van der Waals surface area contributed by atoms with E-state index in [0.717, 1.165) is 6.54 Å². The molecule has 1 nitrogen and oxygen atoms in total. The summed E-state index contributed by atoms with van der Waals surface area (Å²) < 4.78 is 0. The summed E-state index contributed by atoms with van der Waals surface area (Å²) in [6.45, 7) is 17.7. The van der Waals surface area contributed by atoms with Crippen LogP contribution in [0.25, 0.3) is 0 Å². The summed E-state index contributed by atoms with van der Waals surface area (Å²) in [6.07, 6.45) is 2.47. The quantitative estimate of drug-likeness (QED) is 0.620. The summed E-state index contributed by atoms with van der Waals surface area (Å²) in [7, 11) is 4.20. The second-order valence-corrected chi connectivity index (χ2v) is 4.05. The van der Waals surface area contributed by atoms with E-state index in [0.29, 0.717) is 5.92 Å². The van der Waals surface area contributed by atoms with Gasteiger partial charge in [0.15, 0.2) is 0 Å². The molecular weight excluding hydrogens is 182 g/mol. The Labute approximate surface area is 98.6 Å². The van der Waals surface area contributed by atoms with Crippen molar-refractivity contribution in [1.82, 2.24) is 4.90 Å². The zero-order valence-electron chi connectivity index (χ0n) is 12.4. The molecular formula is C14H33N. The van der Waals surface area contributed by atoms with Gasteiger partial charge in [0.25, 0.3) is 0 Å². The Kier molecular flexibility index (Phi) is 21.7. The van der Waals surface area contributed by atoms with Gasteiger partial charge in [0.05, 0.1) is 0 Å². The Morgan fingerprint density at radius 3 is 1.73 bits per heavy atom. The molecule has 0 aromatic heterocycles. The lowest BCUT2D eigenvalue weighted by Crippen LogP contribution is -2.15. The minimum atomic E-state index is 0.669. The van der Waals surface area contributed by atoms with Gasteiger partial charge < -0.3 is 4.90 Å². The molecule has 0 saturated heterocycles. The van der Waals surface area contributed by atoms with Crippen LogP contribution in [0.1, 0.15) is 54.4 Å². The molecule has 1 atom stereocenters. The number of allylic oxidation sites excluding steroid dienone is 1. The summed E-state index contributed by atoms with van der Waals surface area (Å²) in [5, 5.41) is 0. The van der Waals surface area contributed by atoms with E-state index in [-0.39, 0.29) is 0 Å². The van der Waals surface area contributed by atoms with Crippen LogP contribution in [-0.4, -0.2) is 25.5 Å². The van der Waals surface area contributed by atoms with Crippen molar-refractivity contribution < 1.29 is 0 Å². The van der Waals surface area contributed by atoms with Crippen LogP contribution in [0.3, 0.4) is 0 Å². The Bertz CT molecular complexity index is 117. The summed E-state index contributed by atoms with van der Waals surface area (Å²) in [4.78, 5) is 2.21. The highest BCUT2D eigenvalue weighted by Gasteiger charge is 2.01. The molecule has 0 N–H and O–H groups in total. The highest BCUT2D eigenvalue weighted by Crippen LogP contribution is 2.10. The summed E-state index contributed by atoms with van der Waals surface area (Å²) in [6, 6.07) is 0. The summed E-state index contributed by atoms with van der Waals surface area (Å²) in [5.41, 5.74) is 1.29. The largest absolute Gasteiger partial charge is 0.309 e. The van der Waals surface area contributed by atoms with Gasteiger partial charge in [-0.3, -0.25) is 0 Å². The fraction of sp³-hybridized carbons (Fsp3) is 0.857. The molecule has 0 saturated carbocycles. The third-order valence-electron chi connectivity index (χ3n) is 1.85. The topological polar surface area (TPSA) is 3.24 Å². The molecule has 0 bridgehead atoms. The van der Waals surface area contributed by atoms with E-state index in [9.17, 15) is 0 Å². The van der Waals surface area contributed by atoms with Crippen LogP contribution in [0, 0.1) is 5.92 Å². The van der Waals surface area contributed by atoms with Gasteiger partial charge in [-0.15, -0.1) is 0 Å². The number of hydrogen-bond donors (Lipinski definition) is 0. The van der Waals surface area contributed by atoms with E-state index >= 15 is 0 Å². The van der Waals surface area contributed by atoms with Crippen LogP contribution < -0.4 is 0 Å². The minimum absolute atomic E-state index is 0.669. The lowest BCUT2D eigenvalue weighted by atomic mass is 10.0. The highest BCUT2D eigenvalue weighted by atomic mass is 15.0. The maximum absolute atomic E-state index is 3.91. The van der Waals surface area contributed by atoms with Crippen molar-refractivity contribution in [2.45, 2.75) is 54.4 Å². The van der Waals surface area contributed by atoms with Gasteiger partial charge in [0, 0.05) is 0 Å². The van der Waals surface area contributed by atoms with Crippen molar-refractivity contribution in [2.24, 2.45) is 5.92 Å². The first kappa shape index (κ1) is 20.2. The smallest absolute Gasteiger partial charge is 0.00192 e. The lowest BCUT2D eigenvalue weighted by molar-refractivity contribution is 0.375. The zero-order valence-corrected chi connectivity index (χ0v) is 12.4. The van der Waals surface area contributed by atoms with Crippen molar-refractivity contribution >= 4 is 0 Å². The van der Waals surface area contributed by atoms with Crippen molar-refractivity contribution in [3.8, 4) is 0 Å². The van der Waals surface area contributed by atoms with Crippen molar-refractivity contribution in [2.75, 3.05) is 20.6 Å². The van der Waals surface area contributed by atoms with Gasteiger partial charge in [-0.25, -0.2) is 0 Å². The maximum atomic E-state index is 3.91. The second kappa shape index (κ2) is 16.1. The summed E-state index contributed by atoms with van der Waals surface area (Å²) in [5.74, 6) is 0.669. The standard InChI is InChI=1S/C9H19N.C3H8.C2H6/c1-8(2)9(3)6-7-10(4)5;1-3-2;1-2/h9H,1,6-7H2,2-5H3;3H2,1-2H3;1-2H3. The van der Waals surface area contributed by atoms with Gasteiger partial charge in [0.2, 0.25) is 0 Å². The van der Waals surface area contributed by atoms with Crippen LogP contribution in [-0.2, 0) is 0 Å². The molecule has 94 valence electrons. The van der Waals surface area contributed by atoms with E-state index in [1.807, 2.05) is 13.8 Å².